The summed E-state index contributed by atoms with van der Waals surface area (Å²) in [4.78, 5) is 13.1. The summed E-state index contributed by atoms with van der Waals surface area (Å²) in [6, 6.07) is 14.3. The predicted octanol–water partition coefficient (Wildman–Crippen LogP) is 6.68. The van der Waals surface area contributed by atoms with Crippen LogP contribution >= 0.6 is 0 Å². The Morgan fingerprint density at radius 2 is 1.63 bits per heavy atom. The highest BCUT2D eigenvalue weighted by molar-refractivity contribution is 7.91. The minimum Gasteiger partial charge on any atom is -0.396 e. The highest BCUT2D eigenvalue weighted by Crippen LogP contribution is 2.39. The Morgan fingerprint density at radius 1 is 0.947 bits per heavy atom. The number of benzene rings is 3. The molecule has 2 N–H and O–H groups in total. The molecule has 38 heavy (non-hydrogen) atoms. The van der Waals surface area contributed by atoms with Crippen LogP contribution in [0.3, 0.4) is 0 Å². The van der Waals surface area contributed by atoms with Crippen molar-refractivity contribution in [2.75, 3.05) is 17.7 Å². The number of anilines is 1. The van der Waals surface area contributed by atoms with Gasteiger partial charge in [0.05, 0.1) is 16.2 Å². The maximum atomic E-state index is 13.6. The fourth-order valence-corrected chi connectivity index (χ4v) is 6.49. The fourth-order valence-electron chi connectivity index (χ4n) is 4.37. The Bertz CT molecular complexity index is 1420. The van der Waals surface area contributed by atoms with Gasteiger partial charge in [-0.15, -0.1) is 0 Å². The van der Waals surface area contributed by atoms with Crippen LogP contribution in [0.25, 0.3) is 11.1 Å². The van der Waals surface area contributed by atoms with E-state index in [9.17, 15) is 31.5 Å². The van der Waals surface area contributed by atoms with Crippen LogP contribution in [0.4, 0.5) is 18.9 Å². The molecule has 0 aromatic heterocycles. The third-order valence-electron chi connectivity index (χ3n) is 5.89. The first kappa shape index (κ1) is 29.4. The fraction of sp³-hybridized carbons (Fsp3) is 0.345. The molecule has 0 atom stereocenters. The second-order valence-corrected chi connectivity index (χ2v) is 12.5. The molecule has 3 aromatic carbocycles. The second kappa shape index (κ2) is 11.3. The van der Waals surface area contributed by atoms with Crippen molar-refractivity contribution in [1.29, 1.82) is 0 Å². The van der Waals surface area contributed by atoms with Gasteiger partial charge in [0.1, 0.15) is 0 Å². The van der Waals surface area contributed by atoms with E-state index in [0.717, 1.165) is 6.07 Å². The van der Waals surface area contributed by atoms with Gasteiger partial charge in [0, 0.05) is 17.9 Å². The molecular formula is C29H32F3NO4S. The molecule has 9 heteroatoms. The van der Waals surface area contributed by atoms with Crippen molar-refractivity contribution < 1.29 is 31.5 Å². The lowest BCUT2D eigenvalue weighted by molar-refractivity contribution is -0.137. The van der Waals surface area contributed by atoms with Crippen LogP contribution in [0.5, 0.6) is 0 Å². The number of hydrogen-bond acceptors (Lipinski definition) is 4. The van der Waals surface area contributed by atoms with Crippen molar-refractivity contribution in [2.24, 2.45) is 5.41 Å². The van der Waals surface area contributed by atoms with Crippen molar-refractivity contribution in [3.63, 3.8) is 0 Å². The van der Waals surface area contributed by atoms with Crippen LogP contribution in [0.15, 0.2) is 65.6 Å². The molecule has 0 aliphatic rings. The number of aliphatic hydroxyl groups is 1. The maximum absolute atomic E-state index is 13.6. The average molecular weight is 548 g/mol. The first-order valence-electron chi connectivity index (χ1n) is 12.2. The summed E-state index contributed by atoms with van der Waals surface area (Å²) in [5.41, 5.74) is 0.819. The molecule has 0 aliphatic carbocycles. The van der Waals surface area contributed by atoms with Crippen LogP contribution in [0.2, 0.25) is 0 Å². The smallest absolute Gasteiger partial charge is 0.396 e. The molecule has 0 saturated carbocycles. The van der Waals surface area contributed by atoms with Gasteiger partial charge in [-0.1, -0.05) is 45.0 Å². The Kier molecular flexibility index (Phi) is 8.73. The summed E-state index contributed by atoms with van der Waals surface area (Å²) in [6.07, 6.45) is -3.90. The zero-order chi connectivity index (χ0) is 28.3. The number of nitrogens with one attached hydrogen (secondary N) is 1. The van der Waals surface area contributed by atoms with Gasteiger partial charge in [0.2, 0.25) is 0 Å². The summed E-state index contributed by atoms with van der Waals surface area (Å²) in [6.45, 7) is 7.00. The second-order valence-electron chi connectivity index (χ2n) is 10.5. The molecule has 1 amide bonds. The molecule has 0 saturated heterocycles. The number of rotatable bonds is 8. The number of amides is 1. The van der Waals surface area contributed by atoms with Crippen molar-refractivity contribution in [2.45, 2.75) is 51.6 Å². The molecule has 0 fully saturated rings. The Labute approximate surface area is 221 Å². The number of aliphatic hydroxyl groups excluding tert-OH is 1. The van der Waals surface area contributed by atoms with Gasteiger partial charge >= 0.3 is 6.18 Å². The normalized spacial score (nSPS) is 12.4. The summed E-state index contributed by atoms with van der Waals surface area (Å²) >= 11 is 0. The molecule has 0 spiro atoms. The Balaban J connectivity index is 1.92. The van der Waals surface area contributed by atoms with Gasteiger partial charge in [-0.25, -0.2) is 8.42 Å². The van der Waals surface area contributed by atoms with Crippen molar-refractivity contribution >= 4 is 21.4 Å². The molecule has 5 nitrogen and oxygen atoms in total. The number of aryl methyl sites for hydroxylation is 2. The van der Waals surface area contributed by atoms with E-state index in [4.69, 9.17) is 0 Å². The molecule has 0 aliphatic heterocycles. The third-order valence-corrected chi connectivity index (χ3v) is 8.26. The van der Waals surface area contributed by atoms with E-state index in [-0.39, 0.29) is 28.4 Å². The summed E-state index contributed by atoms with van der Waals surface area (Å²) in [7, 11) is -3.54. The monoisotopic (exact) mass is 547 g/mol. The van der Waals surface area contributed by atoms with E-state index in [0.29, 0.717) is 35.2 Å². The number of sulfone groups is 1. The van der Waals surface area contributed by atoms with E-state index in [2.05, 4.69) is 5.32 Å². The molecule has 0 bridgehead atoms. The zero-order valence-electron chi connectivity index (χ0n) is 21.8. The van der Waals surface area contributed by atoms with Crippen LogP contribution in [-0.4, -0.2) is 31.8 Å². The van der Waals surface area contributed by atoms with Gasteiger partial charge in [0.15, 0.2) is 9.84 Å². The van der Waals surface area contributed by atoms with Gasteiger partial charge < -0.3 is 10.4 Å². The van der Waals surface area contributed by atoms with E-state index < -0.39 is 32.9 Å². The summed E-state index contributed by atoms with van der Waals surface area (Å²) in [5.74, 6) is -0.517. The molecule has 204 valence electrons. The Morgan fingerprint density at radius 3 is 2.24 bits per heavy atom. The van der Waals surface area contributed by atoms with E-state index in [1.54, 1.807) is 13.0 Å². The van der Waals surface area contributed by atoms with Gasteiger partial charge in [-0.2, -0.15) is 13.2 Å². The quantitative estimate of drug-likeness (QED) is 0.330. The van der Waals surface area contributed by atoms with Crippen molar-refractivity contribution in [3.05, 3.63) is 82.9 Å². The van der Waals surface area contributed by atoms with Crippen LogP contribution in [0, 0.1) is 12.3 Å². The van der Waals surface area contributed by atoms with Crippen molar-refractivity contribution in [3.8, 4) is 11.1 Å². The predicted molar refractivity (Wildman–Crippen MR) is 143 cm³/mol. The summed E-state index contributed by atoms with van der Waals surface area (Å²) in [5, 5.41) is 12.1. The number of carbonyl (C=O) groups excluding carboxylic acids is 1. The first-order valence-corrected chi connectivity index (χ1v) is 13.8. The van der Waals surface area contributed by atoms with Gasteiger partial charge in [-0.05, 0) is 83.8 Å². The third kappa shape index (κ3) is 7.23. The Hall–Kier alpha value is -3.17. The number of carbonyl (C=O) groups is 1. The van der Waals surface area contributed by atoms with Crippen LogP contribution in [0.1, 0.15) is 54.2 Å². The lowest BCUT2D eigenvalue weighted by atomic mass is 9.92. The molecular weight excluding hydrogens is 515 g/mol. The minimum atomic E-state index is -4.54. The minimum absolute atomic E-state index is 0.0218. The number of hydrogen-bond donors (Lipinski definition) is 2. The lowest BCUT2D eigenvalue weighted by Crippen LogP contribution is -2.21. The van der Waals surface area contributed by atoms with E-state index >= 15 is 0 Å². The number of alkyl halides is 3. The highest BCUT2D eigenvalue weighted by atomic mass is 32.2. The maximum Gasteiger partial charge on any atom is 0.417 e. The molecule has 0 unspecified atom stereocenters. The first-order chi connectivity index (χ1) is 17.6. The van der Waals surface area contributed by atoms with E-state index in [1.165, 1.54) is 48.5 Å². The molecule has 3 aromatic rings. The average Bonchev–Trinajstić information content (AvgIpc) is 2.80. The molecule has 0 radical (unpaired) electrons. The van der Waals surface area contributed by atoms with Gasteiger partial charge in [-0.3, -0.25) is 4.79 Å². The molecule has 3 rings (SSSR count). The largest absolute Gasteiger partial charge is 0.417 e. The van der Waals surface area contributed by atoms with Crippen LogP contribution < -0.4 is 5.32 Å². The van der Waals surface area contributed by atoms with Gasteiger partial charge in [0.25, 0.3) is 5.91 Å². The summed E-state index contributed by atoms with van der Waals surface area (Å²) < 4.78 is 66.5. The highest BCUT2D eigenvalue weighted by Gasteiger charge is 2.33. The molecule has 0 heterocycles. The van der Waals surface area contributed by atoms with E-state index in [1.807, 2.05) is 20.8 Å². The standard InChI is InChI=1S/C29H32F3NO4S/c1-19-16-21(11-14-26(19)38(36,37)18-28(2,3)4)27(35)33-22-12-13-23(20(17-22)8-7-15-34)24-9-5-6-10-25(24)29(30,31)32/h5-6,9-14,16-17,34H,7-8,15,18H2,1-4H3,(H,33,35). The SMILES string of the molecule is Cc1cc(C(=O)Nc2ccc(-c3ccccc3C(F)(F)F)c(CCCO)c2)ccc1S(=O)(=O)CC(C)(C)C. The topological polar surface area (TPSA) is 83.5 Å². The zero-order valence-corrected chi connectivity index (χ0v) is 22.6. The van der Waals surface area contributed by atoms with Crippen molar-refractivity contribution in [1.82, 2.24) is 0 Å². The van der Waals surface area contributed by atoms with Crippen LogP contribution in [-0.2, 0) is 22.4 Å². The lowest BCUT2D eigenvalue weighted by Gasteiger charge is -2.19. The number of halogens is 3.